The van der Waals surface area contributed by atoms with Crippen molar-refractivity contribution in [2.24, 2.45) is 0 Å². The molecular weight excluding hydrogens is 406 g/mol. The summed E-state index contributed by atoms with van der Waals surface area (Å²) < 4.78 is 11.4. The van der Waals surface area contributed by atoms with E-state index in [-0.39, 0.29) is 18.3 Å². The quantitative estimate of drug-likeness (QED) is 0.218. The van der Waals surface area contributed by atoms with Gasteiger partial charge in [0.2, 0.25) is 0 Å². The van der Waals surface area contributed by atoms with E-state index in [1.165, 1.54) is 0 Å². The van der Waals surface area contributed by atoms with Gasteiger partial charge in [-0.05, 0) is 56.2 Å². The number of rotatable bonds is 8. The Morgan fingerprint density at radius 3 is 2.63 bits per heavy atom. The molecule has 2 amide bonds. The van der Waals surface area contributed by atoms with E-state index >= 15 is 0 Å². The predicted molar refractivity (Wildman–Crippen MR) is 114 cm³/mol. The number of benzene rings is 2. The number of nitrogens with zero attached hydrogens (tertiary/aromatic N) is 1. The second-order valence-corrected chi connectivity index (χ2v) is 7.81. The summed E-state index contributed by atoms with van der Waals surface area (Å²) >= 11 is 0.862. The Morgan fingerprint density at radius 2 is 1.93 bits per heavy atom. The summed E-state index contributed by atoms with van der Waals surface area (Å²) in [7, 11) is 3.96. The molecule has 8 nitrogen and oxygen atoms in total. The third-order valence-corrected chi connectivity index (χ3v) is 4.90. The number of hydrogen-bond acceptors (Lipinski definition) is 7. The molecule has 0 bridgehead atoms. The van der Waals surface area contributed by atoms with Crippen molar-refractivity contribution in [1.82, 2.24) is 15.7 Å². The lowest BCUT2D eigenvalue weighted by Gasteiger charge is -2.09. The second kappa shape index (κ2) is 10.1. The summed E-state index contributed by atoms with van der Waals surface area (Å²) in [6.07, 6.45) is 0. The van der Waals surface area contributed by atoms with Gasteiger partial charge in [0.15, 0.2) is 5.76 Å². The van der Waals surface area contributed by atoms with Crippen molar-refractivity contribution in [1.29, 1.82) is 0 Å². The van der Waals surface area contributed by atoms with E-state index in [2.05, 4.69) is 5.32 Å². The highest BCUT2D eigenvalue weighted by atomic mass is 32.2. The largest absolute Gasteiger partial charge is 0.492 e. The number of furan rings is 1. The van der Waals surface area contributed by atoms with E-state index in [9.17, 15) is 9.59 Å². The van der Waals surface area contributed by atoms with Gasteiger partial charge in [0.1, 0.15) is 17.9 Å². The van der Waals surface area contributed by atoms with Crippen molar-refractivity contribution >= 4 is 33.9 Å². The Kier molecular flexibility index (Phi) is 7.34. The third-order valence-electron chi connectivity index (χ3n) is 4.12. The molecule has 3 rings (SSSR count). The molecule has 30 heavy (non-hydrogen) atoms. The maximum atomic E-state index is 12.4. The lowest BCUT2D eigenvalue weighted by Crippen LogP contribution is -2.27. The van der Waals surface area contributed by atoms with Gasteiger partial charge in [-0.25, -0.2) is 5.48 Å². The molecule has 1 heterocycles. The smallest absolute Gasteiger partial charge is 0.307 e. The van der Waals surface area contributed by atoms with E-state index < -0.39 is 5.24 Å². The molecule has 3 aromatic rings. The molecule has 2 aromatic carbocycles. The molecule has 158 valence electrons. The first-order valence-electron chi connectivity index (χ1n) is 9.25. The van der Waals surface area contributed by atoms with Gasteiger partial charge in [-0.2, -0.15) is 0 Å². The van der Waals surface area contributed by atoms with Crippen LogP contribution in [0.15, 0.2) is 57.8 Å². The Balaban J connectivity index is 1.50. The monoisotopic (exact) mass is 429 g/mol. The molecule has 0 aliphatic rings. The van der Waals surface area contributed by atoms with E-state index in [0.717, 1.165) is 34.8 Å². The van der Waals surface area contributed by atoms with Crippen LogP contribution in [0.2, 0.25) is 0 Å². The minimum atomic E-state index is -0.564. The summed E-state index contributed by atoms with van der Waals surface area (Å²) in [6, 6.07) is 14.4. The van der Waals surface area contributed by atoms with Crippen LogP contribution in [-0.4, -0.2) is 48.5 Å². The number of amides is 2. The fourth-order valence-electron chi connectivity index (χ4n) is 2.85. The topological polar surface area (TPSA) is 104 Å². The first-order chi connectivity index (χ1) is 14.5. The van der Waals surface area contributed by atoms with E-state index in [0.29, 0.717) is 17.2 Å². The molecule has 3 N–H and O–H groups in total. The van der Waals surface area contributed by atoms with Crippen LogP contribution in [-0.2, 0) is 6.54 Å². The van der Waals surface area contributed by atoms with Gasteiger partial charge < -0.3 is 19.4 Å². The standard InChI is InChI=1S/C21H23N3O5S/c1-24(2)13-15-5-3-4-14-12-18(29-19(14)15)20(25)22-10-11-28-16-6-8-17(9-7-16)30-21(26)23-27/h3-9,12,27H,10-11,13H2,1-2H3,(H,22,25)(H,23,26). The fourth-order valence-corrected chi connectivity index (χ4v) is 3.39. The number of para-hydroxylation sites is 1. The maximum absolute atomic E-state index is 12.4. The van der Waals surface area contributed by atoms with Crippen LogP contribution < -0.4 is 15.5 Å². The van der Waals surface area contributed by atoms with Gasteiger partial charge in [-0.3, -0.25) is 14.8 Å². The molecule has 0 radical (unpaired) electrons. The van der Waals surface area contributed by atoms with Crippen molar-refractivity contribution in [2.45, 2.75) is 11.4 Å². The Morgan fingerprint density at radius 1 is 1.17 bits per heavy atom. The number of carbonyl (C=O) groups excluding carboxylic acids is 2. The van der Waals surface area contributed by atoms with Gasteiger partial charge in [0.25, 0.3) is 5.91 Å². The lowest BCUT2D eigenvalue weighted by atomic mass is 10.1. The summed E-state index contributed by atoms with van der Waals surface area (Å²) in [6.45, 7) is 1.31. The molecule has 0 saturated heterocycles. The molecular formula is C21H23N3O5S. The SMILES string of the molecule is CN(C)Cc1cccc2cc(C(=O)NCCOc3ccc(SC(=O)NO)cc3)oc12. The molecule has 0 aliphatic heterocycles. The van der Waals surface area contributed by atoms with Crippen LogP contribution in [0.3, 0.4) is 0 Å². The summed E-state index contributed by atoms with van der Waals surface area (Å²) in [5.74, 6) is 0.571. The summed E-state index contributed by atoms with van der Waals surface area (Å²) in [5, 5.41) is 11.6. The average molecular weight is 429 g/mol. The summed E-state index contributed by atoms with van der Waals surface area (Å²) in [5.41, 5.74) is 3.30. The molecule has 0 spiro atoms. The Bertz CT molecular complexity index is 1020. The Hall–Kier alpha value is -3.01. The van der Waals surface area contributed by atoms with Crippen LogP contribution >= 0.6 is 11.8 Å². The van der Waals surface area contributed by atoms with Crippen molar-refractivity contribution in [3.05, 3.63) is 59.9 Å². The molecule has 0 unspecified atom stereocenters. The summed E-state index contributed by atoms with van der Waals surface area (Å²) in [4.78, 5) is 26.2. The van der Waals surface area contributed by atoms with Crippen molar-refractivity contribution in [3.63, 3.8) is 0 Å². The molecule has 9 heteroatoms. The highest BCUT2D eigenvalue weighted by molar-refractivity contribution is 8.13. The lowest BCUT2D eigenvalue weighted by molar-refractivity contribution is 0.0921. The second-order valence-electron chi connectivity index (χ2n) is 6.76. The molecule has 0 atom stereocenters. The molecule has 1 aromatic heterocycles. The number of ether oxygens (including phenoxy) is 1. The zero-order chi connectivity index (χ0) is 21.5. The number of nitrogens with one attached hydrogen (secondary N) is 2. The van der Waals surface area contributed by atoms with Crippen LogP contribution in [0.5, 0.6) is 5.75 Å². The van der Waals surface area contributed by atoms with Gasteiger partial charge in [-0.15, -0.1) is 0 Å². The van der Waals surface area contributed by atoms with Crippen LogP contribution in [0, 0.1) is 0 Å². The zero-order valence-electron chi connectivity index (χ0n) is 16.7. The zero-order valence-corrected chi connectivity index (χ0v) is 17.5. The van der Waals surface area contributed by atoms with Gasteiger partial charge in [0, 0.05) is 22.4 Å². The Labute approximate surface area is 178 Å². The highest BCUT2D eigenvalue weighted by Gasteiger charge is 2.14. The van der Waals surface area contributed by atoms with Crippen molar-refractivity contribution in [3.8, 4) is 5.75 Å². The van der Waals surface area contributed by atoms with Crippen LogP contribution in [0.25, 0.3) is 11.0 Å². The van der Waals surface area contributed by atoms with Crippen LogP contribution in [0.4, 0.5) is 4.79 Å². The van der Waals surface area contributed by atoms with Gasteiger partial charge in [0.05, 0.1) is 6.54 Å². The number of hydrogen-bond donors (Lipinski definition) is 3. The first kappa shape index (κ1) is 21.7. The predicted octanol–water partition coefficient (Wildman–Crippen LogP) is 3.49. The third kappa shape index (κ3) is 5.76. The van der Waals surface area contributed by atoms with E-state index in [1.807, 2.05) is 37.2 Å². The van der Waals surface area contributed by atoms with Crippen molar-refractivity contribution < 1.29 is 24.0 Å². The minimum absolute atomic E-state index is 0.264. The first-order valence-corrected chi connectivity index (χ1v) is 10.1. The number of carbonyl (C=O) groups is 2. The fraction of sp³-hybridized carbons (Fsp3) is 0.238. The minimum Gasteiger partial charge on any atom is -0.492 e. The van der Waals surface area contributed by atoms with Crippen LogP contribution in [0.1, 0.15) is 16.1 Å². The number of hydroxylamine groups is 1. The normalized spacial score (nSPS) is 10.9. The van der Waals surface area contributed by atoms with Gasteiger partial charge >= 0.3 is 5.24 Å². The average Bonchev–Trinajstić information content (AvgIpc) is 3.17. The molecule has 0 fully saturated rings. The van der Waals surface area contributed by atoms with Gasteiger partial charge in [-0.1, -0.05) is 18.2 Å². The number of thioether (sulfide) groups is 1. The molecule has 0 aliphatic carbocycles. The highest BCUT2D eigenvalue weighted by Crippen LogP contribution is 2.24. The van der Waals surface area contributed by atoms with E-state index in [4.69, 9.17) is 14.4 Å². The van der Waals surface area contributed by atoms with E-state index in [1.54, 1.807) is 35.8 Å². The maximum Gasteiger partial charge on any atom is 0.307 e. The number of fused-ring (bicyclic) bond motifs is 1. The molecule has 0 saturated carbocycles. The van der Waals surface area contributed by atoms with Crippen molar-refractivity contribution in [2.75, 3.05) is 27.2 Å².